The molecule has 13 heavy (non-hydrogen) atoms. The zero-order chi connectivity index (χ0) is 9.52. The van der Waals surface area contributed by atoms with Crippen molar-refractivity contribution in [2.24, 2.45) is 11.5 Å². The maximum absolute atomic E-state index is 5.18. The highest BCUT2D eigenvalue weighted by Gasteiger charge is 1.95. The van der Waals surface area contributed by atoms with Crippen molar-refractivity contribution in [1.82, 2.24) is 4.98 Å². The highest BCUT2D eigenvalue weighted by molar-refractivity contribution is 5.27. The van der Waals surface area contributed by atoms with Crippen LogP contribution in [0.2, 0.25) is 0 Å². The van der Waals surface area contributed by atoms with E-state index >= 15 is 0 Å². The van der Waals surface area contributed by atoms with Crippen molar-refractivity contribution in [2.75, 3.05) is 13.1 Å². The molecule has 4 heteroatoms. The minimum absolute atomic E-state index is 0.284. The lowest BCUT2D eigenvalue weighted by Gasteiger charge is -1.77. The molecule has 0 atom stereocenters. The first kappa shape index (κ1) is 9.34. The zero-order valence-corrected chi connectivity index (χ0v) is 7.00. The minimum Gasteiger partial charge on any atom is -0.421 e. The summed E-state index contributed by atoms with van der Waals surface area (Å²) in [7, 11) is 0. The maximum Gasteiger partial charge on any atom is 0.274 e. The molecule has 0 unspecified atom stereocenters. The molecular weight excluding hydrogens is 166 g/mol. The summed E-state index contributed by atoms with van der Waals surface area (Å²) in [5.41, 5.74) is 10.4. The van der Waals surface area contributed by atoms with Crippen LogP contribution in [0.3, 0.4) is 0 Å². The van der Waals surface area contributed by atoms with Crippen molar-refractivity contribution in [3.05, 3.63) is 17.8 Å². The van der Waals surface area contributed by atoms with E-state index in [9.17, 15) is 0 Å². The standard InChI is InChI=1S/C9H9N3O/c10-5-1-3-8-7-12-9(13-8)4-2-6-11/h7H,5-6,10-11H2. The highest BCUT2D eigenvalue weighted by Crippen LogP contribution is 1.99. The van der Waals surface area contributed by atoms with Crippen LogP contribution in [0.5, 0.6) is 0 Å². The molecule has 0 radical (unpaired) electrons. The van der Waals surface area contributed by atoms with E-state index < -0.39 is 0 Å². The molecule has 0 aliphatic rings. The summed E-state index contributed by atoms with van der Waals surface area (Å²) in [6, 6.07) is 0. The molecule has 0 saturated carbocycles. The second-order valence-corrected chi connectivity index (χ2v) is 2.04. The number of nitrogens with zero attached hydrogens (tertiary/aromatic N) is 1. The monoisotopic (exact) mass is 175 g/mol. The summed E-state index contributed by atoms with van der Waals surface area (Å²) in [5, 5.41) is 0. The van der Waals surface area contributed by atoms with E-state index in [0.717, 1.165) is 0 Å². The van der Waals surface area contributed by atoms with Crippen molar-refractivity contribution in [1.29, 1.82) is 0 Å². The summed E-state index contributed by atoms with van der Waals surface area (Å²) in [5.74, 6) is 11.4. The van der Waals surface area contributed by atoms with Gasteiger partial charge in [0, 0.05) is 0 Å². The molecule has 0 aromatic carbocycles. The first-order chi connectivity index (χ1) is 6.36. The van der Waals surface area contributed by atoms with Crippen molar-refractivity contribution in [3.8, 4) is 23.7 Å². The SMILES string of the molecule is NCC#Cc1cnc(C#CCN)o1. The number of hydrogen-bond donors (Lipinski definition) is 2. The Morgan fingerprint density at radius 2 is 1.92 bits per heavy atom. The molecule has 0 aliphatic heterocycles. The second kappa shape index (κ2) is 5.00. The number of hydrogen-bond acceptors (Lipinski definition) is 4. The summed E-state index contributed by atoms with van der Waals surface area (Å²) < 4.78 is 5.12. The van der Waals surface area contributed by atoms with E-state index in [4.69, 9.17) is 15.9 Å². The molecule has 0 spiro atoms. The Balaban J connectivity index is 2.75. The third kappa shape index (κ3) is 3.00. The van der Waals surface area contributed by atoms with Gasteiger partial charge in [0.1, 0.15) is 0 Å². The molecule has 0 amide bonds. The Morgan fingerprint density at radius 1 is 1.23 bits per heavy atom. The fourth-order valence-electron chi connectivity index (χ4n) is 0.654. The summed E-state index contributed by atoms with van der Waals surface area (Å²) in [4.78, 5) is 3.87. The highest BCUT2D eigenvalue weighted by atomic mass is 16.3. The Bertz CT molecular complexity index is 350. The smallest absolute Gasteiger partial charge is 0.274 e. The normalized spacial score (nSPS) is 8.15. The Labute approximate surface area is 76.3 Å². The van der Waals surface area contributed by atoms with Gasteiger partial charge in [-0.25, -0.2) is 4.98 Å². The van der Waals surface area contributed by atoms with Crippen LogP contribution in [0.25, 0.3) is 0 Å². The van der Waals surface area contributed by atoms with Crippen LogP contribution in [-0.2, 0) is 0 Å². The van der Waals surface area contributed by atoms with Crippen LogP contribution in [-0.4, -0.2) is 18.1 Å². The minimum atomic E-state index is 0.284. The molecule has 1 aromatic rings. The summed E-state index contributed by atoms with van der Waals surface area (Å²) in [6.45, 7) is 0.580. The van der Waals surface area contributed by atoms with E-state index in [-0.39, 0.29) is 6.54 Å². The van der Waals surface area contributed by atoms with Gasteiger partial charge in [-0.1, -0.05) is 11.8 Å². The van der Waals surface area contributed by atoms with Gasteiger partial charge >= 0.3 is 0 Å². The largest absolute Gasteiger partial charge is 0.421 e. The second-order valence-electron chi connectivity index (χ2n) is 2.04. The van der Waals surface area contributed by atoms with Gasteiger partial charge in [0.25, 0.3) is 5.89 Å². The molecule has 0 bridgehead atoms. The lowest BCUT2D eigenvalue weighted by atomic mass is 10.5. The van der Waals surface area contributed by atoms with Gasteiger partial charge in [-0.05, 0) is 11.8 Å². The third-order valence-corrected chi connectivity index (χ3v) is 1.12. The molecule has 66 valence electrons. The maximum atomic E-state index is 5.18. The fourth-order valence-corrected chi connectivity index (χ4v) is 0.654. The molecular formula is C9H9N3O. The predicted molar refractivity (Wildman–Crippen MR) is 48.4 cm³/mol. The van der Waals surface area contributed by atoms with Crippen LogP contribution in [0, 0.1) is 23.7 Å². The average Bonchev–Trinajstić information content (AvgIpc) is 2.59. The molecule has 4 N–H and O–H groups in total. The quantitative estimate of drug-likeness (QED) is 0.511. The van der Waals surface area contributed by atoms with E-state index in [1.54, 1.807) is 0 Å². The first-order valence-corrected chi connectivity index (χ1v) is 3.70. The van der Waals surface area contributed by atoms with Crippen LogP contribution in [0.4, 0.5) is 0 Å². The third-order valence-electron chi connectivity index (χ3n) is 1.12. The van der Waals surface area contributed by atoms with E-state index in [1.807, 2.05) is 0 Å². The molecule has 0 saturated heterocycles. The number of rotatable bonds is 0. The first-order valence-electron chi connectivity index (χ1n) is 3.70. The van der Waals surface area contributed by atoms with Gasteiger partial charge in [-0.3, -0.25) is 0 Å². The number of nitrogens with two attached hydrogens (primary N) is 2. The molecule has 4 nitrogen and oxygen atoms in total. The Morgan fingerprint density at radius 3 is 2.62 bits per heavy atom. The van der Waals surface area contributed by atoms with Crippen LogP contribution in [0.1, 0.15) is 11.7 Å². The summed E-state index contributed by atoms with van der Waals surface area (Å²) >= 11 is 0. The van der Waals surface area contributed by atoms with Gasteiger partial charge in [0.05, 0.1) is 19.3 Å². The lowest BCUT2D eigenvalue weighted by molar-refractivity contribution is 0.532. The van der Waals surface area contributed by atoms with Gasteiger partial charge < -0.3 is 15.9 Å². The van der Waals surface area contributed by atoms with Gasteiger partial charge in [0.2, 0.25) is 0 Å². The van der Waals surface area contributed by atoms with Crippen LogP contribution >= 0.6 is 0 Å². The fraction of sp³-hybridized carbons (Fsp3) is 0.222. The molecule has 0 fully saturated rings. The average molecular weight is 175 g/mol. The van der Waals surface area contributed by atoms with Crippen molar-refractivity contribution >= 4 is 0 Å². The van der Waals surface area contributed by atoms with Crippen molar-refractivity contribution in [3.63, 3.8) is 0 Å². The Hall–Kier alpha value is -1.75. The Kier molecular flexibility index (Phi) is 3.59. The van der Waals surface area contributed by atoms with Gasteiger partial charge in [-0.2, -0.15) is 0 Å². The number of aromatic nitrogens is 1. The topological polar surface area (TPSA) is 78.1 Å². The van der Waals surface area contributed by atoms with Gasteiger partial charge in [-0.15, -0.1) is 0 Å². The van der Waals surface area contributed by atoms with Gasteiger partial charge in [0.15, 0.2) is 5.76 Å². The lowest BCUT2D eigenvalue weighted by Crippen LogP contribution is -1.93. The molecule has 0 aliphatic carbocycles. The number of oxazole rings is 1. The predicted octanol–water partition coefficient (Wildman–Crippen LogP) is -0.705. The van der Waals surface area contributed by atoms with Crippen LogP contribution in [0.15, 0.2) is 10.6 Å². The van der Waals surface area contributed by atoms with E-state index in [0.29, 0.717) is 18.2 Å². The summed E-state index contributed by atoms with van der Waals surface area (Å²) in [6.07, 6.45) is 1.50. The molecule has 1 rings (SSSR count). The zero-order valence-electron chi connectivity index (χ0n) is 7.00. The van der Waals surface area contributed by atoms with Crippen LogP contribution < -0.4 is 11.5 Å². The van der Waals surface area contributed by atoms with Crippen molar-refractivity contribution in [2.45, 2.75) is 0 Å². The molecule has 1 heterocycles. The van der Waals surface area contributed by atoms with E-state index in [1.165, 1.54) is 6.20 Å². The van der Waals surface area contributed by atoms with Crippen molar-refractivity contribution < 1.29 is 4.42 Å². The van der Waals surface area contributed by atoms with E-state index in [2.05, 4.69) is 28.7 Å². The molecule has 1 aromatic heterocycles.